The zero-order valence-electron chi connectivity index (χ0n) is 8.34. The molecule has 0 bridgehead atoms. The second kappa shape index (κ2) is 5.20. The van der Waals surface area contributed by atoms with Gasteiger partial charge in [0.25, 0.3) is 0 Å². The second-order valence-electron chi connectivity index (χ2n) is 3.13. The Morgan fingerprint density at radius 3 is 2.92 bits per heavy atom. The molecule has 1 nitrogen and oxygen atoms in total. The highest BCUT2D eigenvalue weighted by molar-refractivity contribution is 7.10. The molecule has 0 aliphatic heterocycles. The van der Waals surface area contributed by atoms with Crippen molar-refractivity contribution in [1.82, 2.24) is 5.32 Å². The van der Waals surface area contributed by atoms with E-state index < -0.39 is 0 Å². The standard InChI is InChI=1S/C11H17NS/c1-4-6-11(12-5-2)10-7-9(3)13-8-10/h4,7-8,11-12H,1,5-6H2,2-3H3. The van der Waals surface area contributed by atoms with Gasteiger partial charge in [-0.2, -0.15) is 0 Å². The minimum Gasteiger partial charge on any atom is -0.310 e. The molecule has 0 aliphatic rings. The highest BCUT2D eigenvalue weighted by atomic mass is 32.1. The van der Waals surface area contributed by atoms with Gasteiger partial charge in [0.15, 0.2) is 0 Å². The van der Waals surface area contributed by atoms with Crippen molar-refractivity contribution in [1.29, 1.82) is 0 Å². The SMILES string of the molecule is C=CCC(NCC)c1csc(C)c1. The highest BCUT2D eigenvalue weighted by Gasteiger charge is 2.08. The normalized spacial score (nSPS) is 12.8. The van der Waals surface area contributed by atoms with Crippen molar-refractivity contribution in [2.75, 3.05) is 6.54 Å². The maximum absolute atomic E-state index is 3.78. The van der Waals surface area contributed by atoms with Crippen molar-refractivity contribution in [3.05, 3.63) is 34.5 Å². The smallest absolute Gasteiger partial charge is 0.0363 e. The first-order chi connectivity index (χ1) is 6.27. The first-order valence-corrected chi connectivity index (χ1v) is 5.55. The molecule has 0 aromatic carbocycles. The summed E-state index contributed by atoms with van der Waals surface area (Å²) in [7, 11) is 0. The van der Waals surface area contributed by atoms with Gasteiger partial charge in [0.1, 0.15) is 0 Å². The van der Waals surface area contributed by atoms with Gasteiger partial charge in [-0.25, -0.2) is 0 Å². The predicted octanol–water partition coefficient (Wildman–Crippen LogP) is 3.28. The number of hydrogen-bond acceptors (Lipinski definition) is 2. The molecule has 1 unspecified atom stereocenters. The van der Waals surface area contributed by atoms with E-state index in [9.17, 15) is 0 Å². The van der Waals surface area contributed by atoms with E-state index in [0.29, 0.717) is 6.04 Å². The zero-order valence-corrected chi connectivity index (χ0v) is 9.16. The van der Waals surface area contributed by atoms with Gasteiger partial charge in [0, 0.05) is 10.9 Å². The zero-order chi connectivity index (χ0) is 9.68. The van der Waals surface area contributed by atoms with Gasteiger partial charge < -0.3 is 5.32 Å². The lowest BCUT2D eigenvalue weighted by atomic mass is 10.1. The Kier molecular flexibility index (Phi) is 4.19. The minimum absolute atomic E-state index is 0.451. The summed E-state index contributed by atoms with van der Waals surface area (Å²) in [5.41, 5.74) is 1.39. The van der Waals surface area contributed by atoms with Crippen LogP contribution in [0.3, 0.4) is 0 Å². The van der Waals surface area contributed by atoms with Crippen LogP contribution in [0.1, 0.15) is 29.8 Å². The summed E-state index contributed by atoms with van der Waals surface area (Å²) in [6.45, 7) is 9.06. The molecule has 0 amide bonds. The molecular weight excluding hydrogens is 178 g/mol. The molecule has 0 radical (unpaired) electrons. The predicted molar refractivity (Wildman–Crippen MR) is 60.3 cm³/mol. The molecule has 1 rings (SSSR count). The van der Waals surface area contributed by atoms with Gasteiger partial charge in [-0.15, -0.1) is 17.9 Å². The van der Waals surface area contributed by atoms with Crippen LogP contribution in [0.4, 0.5) is 0 Å². The van der Waals surface area contributed by atoms with Gasteiger partial charge in [-0.3, -0.25) is 0 Å². The van der Waals surface area contributed by atoms with Crippen LogP contribution in [0.2, 0.25) is 0 Å². The third-order valence-corrected chi connectivity index (χ3v) is 2.89. The molecule has 1 atom stereocenters. The van der Waals surface area contributed by atoms with Crippen LogP contribution < -0.4 is 5.32 Å². The molecule has 2 heteroatoms. The first kappa shape index (κ1) is 10.5. The molecule has 1 aromatic heterocycles. The van der Waals surface area contributed by atoms with Crippen molar-refractivity contribution in [3.63, 3.8) is 0 Å². The highest BCUT2D eigenvalue weighted by Crippen LogP contribution is 2.22. The van der Waals surface area contributed by atoms with Crippen molar-refractivity contribution >= 4 is 11.3 Å². The number of thiophene rings is 1. The summed E-state index contributed by atoms with van der Waals surface area (Å²) < 4.78 is 0. The quantitative estimate of drug-likeness (QED) is 0.711. The molecule has 0 fully saturated rings. The third kappa shape index (κ3) is 2.98. The van der Waals surface area contributed by atoms with Gasteiger partial charge in [0.05, 0.1) is 0 Å². The van der Waals surface area contributed by atoms with E-state index in [1.165, 1.54) is 10.4 Å². The van der Waals surface area contributed by atoms with E-state index in [1.807, 2.05) is 17.4 Å². The van der Waals surface area contributed by atoms with Gasteiger partial charge in [0.2, 0.25) is 0 Å². The number of nitrogens with one attached hydrogen (secondary N) is 1. The summed E-state index contributed by atoms with van der Waals surface area (Å²) in [6, 6.07) is 2.70. The molecule has 0 saturated heterocycles. The van der Waals surface area contributed by atoms with Gasteiger partial charge >= 0.3 is 0 Å². The van der Waals surface area contributed by atoms with E-state index in [4.69, 9.17) is 0 Å². The van der Waals surface area contributed by atoms with E-state index >= 15 is 0 Å². The van der Waals surface area contributed by atoms with Crippen LogP contribution in [0.15, 0.2) is 24.1 Å². The topological polar surface area (TPSA) is 12.0 Å². The third-order valence-electron chi connectivity index (χ3n) is 2.01. The Hall–Kier alpha value is -0.600. The monoisotopic (exact) mass is 195 g/mol. The molecule has 0 aliphatic carbocycles. The molecule has 1 N–H and O–H groups in total. The van der Waals surface area contributed by atoms with Crippen molar-refractivity contribution in [2.45, 2.75) is 26.3 Å². The maximum atomic E-state index is 3.78. The summed E-state index contributed by atoms with van der Waals surface area (Å²) in [5.74, 6) is 0. The fraction of sp³-hybridized carbons (Fsp3) is 0.455. The largest absolute Gasteiger partial charge is 0.310 e. The average molecular weight is 195 g/mol. The molecule has 1 aromatic rings. The Morgan fingerprint density at radius 2 is 2.46 bits per heavy atom. The minimum atomic E-state index is 0.451. The maximum Gasteiger partial charge on any atom is 0.0363 e. The molecule has 0 spiro atoms. The van der Waals surface area contributed by atoms with E-state index in [-0.39, 0.29) is 0 Å². The van der Waals surface area contributed by atoms with E-state index in [1.54, 1.807) is 0 Å². The number of aryl methyl sites for hydroxylation is 1. The van der Waals surface area contributed by atoms with Crippen LogP contribution in [0, 0.1) is 6.92 Å². The summed E-state index contributed by atoms with van der Waals surface area (Å²) in [6.07, 6.45) is 2.98. The van der Waals surface area contributed by atoms with Crippen LogP contribution in [0.5, 0.6) is 0 Å². The first-order valence-electron chi connectivity index (χ1n) is 4.67. The van der Waals surface area contributed by atoms with Crippen molar-refractivity contribution in [3.8, 4) is 0 Å². The fourth-order valence-corrected chi connectivity index (χ4v) is 2.16. The van der Waals surface area contributed by atoms with Gasteiger partial charge in [-0.05, 0) is 36.9 Å². The molecule has 72 valence electrons. The van der Waals surface area contributed by atoms with Crippen LogP contribution in [-0.2, 0) is 0 Å². The van der Waals surface area contributed by atoms with Crippen LogP contribution in [0.25, 0.3) is 0 Å². The molecule has 13 heavy (non-hydrogen) atoms. The van der Waals surface area contributed by atoms with Crippen LogP contribution >= 0.6 is 11.3 Å². The lowest BCUT2D eigenvalue weighted by molar-refractivity contribution is 0.560. The summed E-state index contributed by atoms with van der Waals surface area (Å²) >= 11 is 1.81. The van der Waals surface area contributed by atoms with Crippen LogP contribution in [-0.4, -0.2) is 6.54 Å². The number of rotatable bonds is 5. The summed E-state index contributed by atoms with van der Waals surface area (Å²) in [4.78, 5) is 1.38. The fourth-order valence-electron chi connectivity index (χ4n) is 1.40. The lowest BCUT2D eigenvalue weighted by Gasteiger charge is -2.14. The van der Waals surface area contributed by atoms with E-state index in [0.717, 1.165) is 13.0 Å². The van der Waals surface area contributed by atoms with Crippen molar-refractivity contribution in [2.24, 2.45) is 0 Å². The van der Waals surface area contributed by atoms with Crippen molar-refractivity contribution < 1.29 is 0 Å². The summed E-state index contributed by atoms with van der Waals surface area (Å²) in [5, 5.41) is 5.68. The Balaban J connectivity index is 2.68. The Bertz CT molecular complexity index is 265. The molecule has 0 saturated carbocycles. The second-order valence-corrected chi connectivity index (χ2v) is 4.24. The average Bonchev–Trinajstić information content (AvgIpc) is 2.51. The lowest BCUT2D eigenvalue weighted by Crippen LogP contribution is -2.19. The number of hydrogen-bond donors (Lipinski definition) is 1. The van der Waals surface area contributed by atoms with Gasteiger partial charge in [-0.1, -0.05) is 13.0 Å². The molecule has 1 heterocycles. The molecular formula is C11H17NS. The van der Waals surface area contributed by atoms with E-state index in [2.05, 4.69) is 37.2 Å². The Morgan fingerprint density at radius 1 is 1.69 bits per heavy atom. The Labute approximate surface area is 84.5 Å².